The van der Waals surface area contributed by atoms with Crippen LogP contribution in [-0.4, -0.2) is 0 Å². The second kappa shape index (κ2) is 5.55. The molecule has 0 N–H and O–H groups in total. The van der Waals surface area contributed by atoms with Crippen LogP contribution in [0.25, 0.3) is 0 Å². The van der Waals surface area contributed by atoms with Gasteiger partial charge < -0.3 is 4.74 Å². The van der Waals surface area contributed by atoms with Crippen molar-refractivity contribution in [3.63, 3.8) is 0 Å². The summed E-state index contributed by atoms with van der Waals surface area (Å²) in [7, 11) is 0. The highest BCUT2D eigenvalue weighted by molar-refractivity contribution is 14.1. The van der Waals surface area contributed by atoms with Gasteiger partial charge >= 0.3 is 0 Å². The number of alkyl halides is 1. The van der Waals surface area contributed by atoms with Crippen LogP contribution in [0.2, 0.25) is 0 Å². The third-order valence-corrected chi connectivity index (χ3v) is 3.13. The highest BCUT2D eigenvalue weighted by atomic mass is 127. The van der Waals surface area contributed by atoms with Crippen molar-refractivity contribution in [1.29, 1.82) is 0 Å². The lowest BCUT2D eigenvalue weighted by Crippen LogP contribution is -1.85. The lowest BCUT2D eigenvalue weighted by molar-refractivity contribution is 0.482. The molecule has 0 aliphatic heterocycles. The molecule has 0 saturated carbocycles. The molecule has 0 unspecified atom stereocenters. The first-order valence-electron chi connectivity index (χ1n) is 4.86. The zero-order valence-corrected chi connectivity index (χ0v) is 11.4. The first kappa shape index (κ1) is 11.7. The van der Waals surface area contributed by atoms with Crippen molar-refractivity contribution >= 4 is 34.2 Å². The van der Waals surface area contributed by atoms with Crippen LogP contribution in [0.15, 0.2) is 48.5 Å². The first-order valence-corrected chi connectivity index (χ1v) is 6.47. The monoisotopic (exact) mass is 344 g/mol. The van der Waals surface area contributed by atoms with Crippen molar-refractivity contribution in [2.75, 3.05) is 0 Å². The van der Waals surface area contributed by atoms with Gasteiger partial charge in [-0.05, 0) is 64.6 Å². The molecule has 1 nitrogen and oxygen atoms in total. The molecule has 2 aromatic rings. The van der Waals surface area contributed by atoms with E-state index in [4.69, 9.17) is 16.3 Å². The maximum Gasteiger partial charge on any atom is 0.127 e. The molecule has 0 aromatic heterocycles. The van der Waals surface area contributed by atoms with Crippen LogP contribution in [0.5, 0.6) is 11.5 Å². The molecule has 0 heterocycles. The first-order chi connectivity index (χ1) is 7.78. The van der Waals surface area contributed by atoms with E-state index >= 15 is 0 Å². The van der Waals surface area contributed by atoms with E-state index in [-0.39, 0.29) is 0 Å². The summed E-state index contributed by atoms with van der Waals surface area (Å²) in [6.07, 6.45) is 0. The Morgan fingerprint density at radius 2 is 1.75 bits per heavy atom. The Bertz CT molecular complexity index is 468. The Balaban J connectivity index is 2.16. The predicted molar refractivity (Wildman–Crippen MR) is 75.2 cm³/mol. The summed E-state index contributed by atoms with van der Waals surface area (Å²) >= 11 is 8.03. The van der Waals surface area contributed by atoms with E-state index in [0.29, 0.717) is 5.88 Å². The minimum absolute atomic E-state index is 0.504. The van der Waals surface area contributed by atoms with E-state index in [1.165, 1.54) is 3.57 Å². The molecule has 3 heteroatoms. The fourth-order valence-corrected chi connectivity index (χ4v) is 1.86. The van der Waals surface area contributed by atoms with Crippen LogP contribution in [0, 0.1) is 3.57 Å². The molecule has 0 spiro atoms. The summed E-state index contributed by atoms with van der Waals surface area (Å²) in [6.45, 7) is 0. The zero-order chi connectivity index (χ0) is 11.4. The van der Waals surface area contributed by atoms with Gasteiger partial charge in [-0.3, -0.25) is 0 Å². The van der Waals surface area contributed by atoms with Crippen LogP contribution in [0.1, 0.15) is 5.56 Å². The van der Waals surface area contributed by atoms with Crippen LogP contribution in [0.4, 0.5) is 0 Å². The van der Waals surface area contributed by atoms with Crippen LogP contribution in [-0.2, 0) is 5.88 Å². The molecule has 0 aliphatic carbocycles. The minimum Gasteiger partial charge on any atom is -0.457 e. The molecule has 16 heavy (non-hydrogen) atoms. The molecule has 0 amide bonds. The smallest absolute Gasteiger partial charge is 0.127 e. The average molecular weight is 345 g/mol. The quantitative estimate of drug-likeness (QED) is 0.573. The summed E-state index contributed by atoms with van der Waals surface area (Å²) in [5, 5.41) is 0. The van der Waals surface area contributed by atoms with Crippen molar-refractivity contribution in [3.8, 4) is 11.5 Å². The molecular weight excluding hydrogens is 334 g/mol. The number of hydrogen-bond acceptors (Lipinski definition) is 1. The van der Waals surface area contributed by atoms with Gasteiger partial charge in [0, 0.05) is 9.45 Å². The summed E-state index contributed by atoms with van der Waals surface area (Å²) in [4.78, 5) is 0. The summed E-state index contributed by atoms with van der Waals surface area (Å²) < 4.78 is 6.91. The summed E-state index contributed by atoms with van der Waals surface area (Å²) in [5.41, 5.74) is 1.06. The maximum atomic E-state index is 5.77. The number of halogens is 2. The van der Waals surface area contributed by atoms with E-state index in [9.17, 15) is 0 Å². The second-order valence-corrected chi connectivity index (χ2v) is 4.85. The maximum absolute atomic E-state index is 5.77. The zero-order valence-electron chi connectivity index (χ0n) is 8.49. The molecule has 0 saturated heterocycles. The minimum atomic E-state index is 0.504. The summed E-state index contributed by atoms with van der Waals surface area (Å²) in [6, 6.07) is 15.7. The lowest BCUT2D eigenvalue weighted by atomic mass is 10.2. The van der Waals surface area contributed by atoms with E-state index in [2.05, 4.69) is 22.6 Å². The van der Waals surface area contributed by atoms with Gasteiger partial charge in [-0.2, -0.15) is 0 Å². The van der Waals surface area contributed by atoms with Crippen molar-refractivity contribution in [2.45, 2.75) is 5.88 Å². The molecule has 82 valence electrons. The van der Waals surface area contributed by atoms with Gasteiger partial charge in [-0.25, -0.2) is 0 Å². The molecule has 0 aliphatic rings. The van der Waals surface area contributed by atoms with E-state index in [1.54, 1.807) is 0 Å². The standard InChI is InChI=1S/C13H10ClIO/c14-9-10-2-1-3-13(8-10)16-12-6-4-11(15)5-7-12/h1-8H,9H2. The fraction of sp³-hybridized carbons (Fsp3) is 0.0769. The Kier molecular flexibility index (Phi) is 4.07. The lowest BCUT2D eigenvalue weighted by Gasteiger charge is -2.06. The van der Waals surface area contributed by atoms with Gasteiger partial charge in [0.2, 0.25) is 0 Å². The van der Waals surface area contributed by atoms with Crippen molar-refractivity contribution in [3.05, 3.63) is 57.7 Å². The van der Waals surface area contributed by atoms with Gasteiger partial charge in [0.15, 0.2) is 0 Å². The SMILES string of the molecule is ClCc1cccc(Oc2ccc(I)cc2)c1. The number of rotatable bonds is 3. The molecule has 0 atom stereocenters. The predicted octanol–water partition coefficient (Wildman–Crippen LogP) is 4.82. The molecule has 0 radical (unpaired) electrons. The van der Waals surface area contributed by atoms with Gasteiger partial charge in [0.1, 0.15) is 11.5 Å². The number of hydrogen-bond donors (Lipinski definition) is 0. The van der Waals surface area contributed by atoms with Crippen molar-refractivity contribution in [2.24, 2.45) is 0 Å². The Morgan fingerprint density at radius 3 is 2.44 bits per heavy atom. The molecular formula is C13H10ClIO. The van der Waals surface area contributed by atoms with E-state index in [1.807, 2.05) is 48.5 Å². The van der Waals surface area contributed by atoms with Crippen LogP contribution < -0.4 is 4.74 Å². The Labute approximate surface area is 114 Å². The Morgan fingerprint density at radius 1 is 1.00 bits per heavy atom. The molecule has 0 bridgehead atoms. The van der Waals surface area contributed by atoms with Gasteiger partial charge in [0.25, 0.3) is 0 Å². The number of ether oxygens (including phenoxy) is 1. The normalized spacial score (nSPS) is 10.1. The van der Waals surface area contributed by atoms with E-state index in [0.717, 1.165) is 17.1 Å². The average Bonchev–Trinajstić information content (AvgIpc) is 2.32. The Hall–Kier alpha value is -0.740. The third kappa shape index (κ3) is 3.12. The van der Waals surface area contributed by atoms with Crippen molar-refractivity contribution < 1.29 is 4.74 Å². The number of benzene rings is 2. The van der Waals surface area contributed by atoms with Gasteiger partial charge in [-0.15, -0.1) is 11.6 Å². The highest BCUT2D eigenvalue weighted by Gasteiger charge is 1.98. The highest BCUT2D eigenvalue weighted by Crippen LogP contribution is 2.23. The third-order valence-electron chi connectivity index (χ3n) is 2.10. The van der Waals surface area contributed by atoms with Crippen LogP contribution in [0.3, 0.4) is 0 Å². The molecule has 2 aromatic carbocycles. The topological polar surface area (TPSA) is 9.23 Å². The van der Waals surface area contributed by atoms with Crippen LogP contribution >= 0.6 is 34.2 Å². The second-order valence-electron chi connectivity index (χ2n) is 3.34. The van der Waals surface area contributed by atoms with Gasteiger partial charge in [0.05, 0.1) is 0 Å². The van der Waals surface area contributed by atoms with Crippen molar-refractivity contribution in [1.82, 2.24) is 0 Å². The molecule has 2 rings (SSSR count). The summed E-state index contributed by atoms with van der Waals surface area (Å²) in [5.74, 6) is 2.16. The van der Waals surface area contributed by atoms with E-state index < -0.39 is 0 Å². The largest absolute Gasteiger partial charge is 0.457 e. The fourth-order valence-electron chi connectivity index (χ4n) is 1.33. The molecule has 0 fully saturated rings. The van der Waals surface area contributed by atoms with Gasteiger partial charge in [-0.1, -0.05) is 12.1 Å².